The molecule has 3 heterocycles. The van der Waals surface area contributed by atoms with Crippen LogP contribution in [0.15, 0.2) is 36.4 Å². The fourth-order valence-corrected chi connectivity index (χ4v) is 3.85. The van der Waals surface area contributed by atoms with Gasteiger partial charge in [-0.05, 0) is 55.8 Å². The monoisotopic (exact) mass is 337 g/mol. The van der Waals surface area contributed by atoms with Gasteiger partial charge < -0.3 is 4.74 Å². The van der Waals surface area contributed by atoms with E-state index < -0.39 is 0 Å². The number of benzene rings is 1. The highest BCUT2D eigenvalue weighted by Crippen LogP contribution is 2.26. The summed E-state index contributed by atoms with van der Waals surface area (Å²) in [6.07, 6.45) is 2.28. The van der Waals surface area contributed by atoms with Crippen molar-refractivity contribution in [3.05, 3.63) is 58.9 Å². The lowest BCUT2D eigenvalue weighted by atomic mass is 10.1. The Hall–Kier alpha value is -1.91. The molecule has 2 aromatic rings. The third kappa shape index (κ3) is 4.20. The number of rotatable bonds is 4. The van der Waals surface area contributed by atoms with Gasteiger partial charge in [0.2, 0.25) is 0 Å². The molecule has 25 heavy (non-hydrogen) atoms. The molecule has 1 saturated heterocycles. The Morgan fingerprint density at radius 1 is 1.00 bits per heavy atom. The molecular formula is C21H27N3O. The van der Waals surface area contributed by atoms with Crippen LogP contribution in [0.2, 0.25) is 0 Å². The average molecular weight is 337 g/mol. The van der Waals surface area contributed by atoms with Gasteiger partial charge in [0.25, 0.3) is 0 Å². The predicted molar refractivity (Wildman–Crippen MR) is 99.8 cm³/mol. The lowest BCUT2D eigenvalue weighted by molar-refractivity contribution is 0.245. The number of hydrogen-bond acceptors (Lipinski definition) is 4. The second-order valence-electron chi connectivity index (χ2n) is 7.22. The first-order chi connectivity index (χ1) is 12.3. The van der Waals surface area contributed by atoms with Crippen molar-refractivity contribution in [2.45, 2.75) is 32.9 Å². The Morgan fingerprint density at radius 2 is 1.84 bits per heavy atom. The molecule has 1 aromatic heterocycles. The maximum Gasteiger partial charge on any atom is 0.122 e. The van der Waals surface area contributed by atoms with Gasteiger partial charge in [0, 0.05) is 38.3 Å². The van der Waals surface area contributed by atoms with Gasteiger partial charge in [-0.1, -0.05) is 18.2 Å². The van der Waals surface area contributed by atoms with Gasteiger partial charge in [-0.15, -0.1) is 0 Å². The molecule has 1 fully saturated rings. The van der Waals surface area contributed by atoms with Crippen molar-refractivity contribution < 1.29 is 4.74 Å². The number of fused-ring (bicyclic) bond motifs is 1. The maximum atomic E-state index is 5.62. The molecule has 0 aliphatic carbocycles. The Balaban J connectivity index is 1.33. The van der Waals surface area contributed by atoms with Crippen molar-refractivity contribution in [1.82, 2.24) is 14.8 Å². The second-order valence-corrected chi connectivity index (χ2v) is 7.22. The first-order valence-electron chi connectivity index (χ1n) is 9.38. The number of aryl methyl sites for hydroxylation is 1. The molecule has 0 saturated carbocycles. The minimum Gasteiger partial charge on any atom is -0.493 e. The molecule has 0 unspecified atom stereocenters. The highest BCUT2D eigenvalue weighted by Gasteiger charge is 2.17. The topological polar surface area (TPSA) is 28.6 Å². The van der Waals surface area contributed by atoms with Crippen molar-refractivity contribution in [2.24, 2.45) is 0 Å². The summed E-state index contributed by atoms with van der Waals surface area (Å²) in [4.78, 5) is 9.78. The Bertz CT molecular complexity index is 731. The van der Waals surface area contributed by atoms with Crippen LogP contribution in [0.5, 0.6) is 5.75 Å². The summed E-state index contributed by atoms with van der Waals surface area (Å²) in [7, 11) is 0. The van der Waals surface area contributed by atoms with E-state index in [1.165, 1.54) is 29.8 Å². The van der Waals surface area contributed by atoms with Crippen LogP contribution in [0.3, 0.4) is 0 Å². The smallest absolute Gasteiger partial charge is 0.122 e. The van der Waals surface area contributed by atoms with Crippen LogP contribution in [0.25, 0.3) is 0 Å². The zero-order valence-electron chi connectivity index (χ0n) is 15.1. The molecule has 4 heteroatoms. The van der Waals surface area contributed by atoms with Crippen molar-refractivity contribution in [2.75, 3.05) is 32.8 Å². The van der Waals surface area contributed by atoms with Crippen LogP contribution in [-0.2, 0) is 19.5 Å². The molecule has 1 aromatic carbocycles. The van der Waals surface area contributed by atoms with Crippen LogP contribution >= 0.6 is 0 Å². The molecule has 0 atom stereocenters. The van der Waals surface area contributed by atoms with E-state index in [-0.39, 0.29) is 0 Å². The van der Waals surface area contributed by atoms with Gasteiger partial charge in [0.1, 0.15) is 5.75 Å². The van der Waals surface area contributed by atoms with E-state index in [9.17, 15) is 0 Å². The zero-order chi connectivity index (χ0) is 17.1. The van der Waals surface area contributed by atoms with Crippen LogP contribution in [0.4, 0.5) is 0 Å². The van der Waals surface area contributed by atoms with Crippen molar-refractivity contribution in [1.29, 1.82) is 0 Å². The molecule has 0 radical (unpaired) electrons. The molecule has 0 bridgehead atoms. The van der Waals surface area contributed by atoms with Crippen molar-refractivity contribution in [3.8, 4) is 5.75 Å². The molecular weight excluding hydrogens is 310 g/mol. The second kappa shape index (κ2) is 7.54. The van der Waals surface area contributed by atoms with Gasteiger partial charge in [0.15, 0.2) is 0 Å². The lowest BCUT2D eigenvalue weighted by Gasteiger charge is -2.22. The van der Waals surface area contributed by atoms with Gasteiger partial charge in [-0.3, -0.25) is 14.8 Å². The summed E-state index contributed by atoms with van der Waals surface area (Å²) in [5.41, 5.74) is 5.08. The maximum absolute atomic E-state index is 5.62. The van der Waals surface area contributed by atoms with Gasteiger partial charge >= 0.3 is 0 Å². The van der Waals surface area contributed by atoms with Crippen molar-refractivity contribution in [3.63, 3.8) is 0 Å². The summed E-state index contributed by atoms with van der Waals surface area (Å²) < 4.78 is 5.62. The van der Waals surface area contributed by atoms with E-state index in [1.54, 1.807) is 0 Å². The fourth-order valence-electron chi connectivity index (χ4n) is 3.85. The number of pyridine rings is 1. The first-order valence-corrected chi connectivity index (χ1v) is 9.38. The Labute approximate surface area is 150 Å². The number of nitrogens with zero attached hydrogens (tertiary/aromatic N) is 3. The quantitative estimate of drug-likeness (QED) is 0.857. The summed E-state index contributed by atoms with van der Waals surface area (Å²) in [6, 6.07) is 13.0. The van der Waals surface area contributed by atoms with Gasteiger partial charge in [-0.25, -0.2) is 0 Å². The molecule has 2 aliphatic rings. The van der Waals surface area contributed by atoms with Crippen LogP contribution in [0, 0.1) is 6.92 Å². The van der Waals surface area contributed by atoms with Gasteiger partial charge in [-0.2, -0.15) is 0 Å². The molecule has 0 N–H and O–H groups in total. The fraction of sp³-hybridized carbons (Fsp3) is 0.476. The van der Waals surface area contributed by atoms with Crippen LogP contribution < -0.4 is 4.74 Å². The normalized spacial score (nSPS) is 18.6. The largest absolute Gasteiger partial charge is 0.493 e. The molecule has 0 spiro atoms. The molecule has 132 valence electrons. The molecule has 0 amide bonds. The Morgan fingerprint density at radius 3 is 2.68 bits per heavy atom. The number of ether oxygens (including phenoxy) is 1. The Kier molecular flexibility index (Phi) is 4.99. The van der Waals surface area contributed by atoms with E-state index in [0.29, 0.717) is 0 Å². The SMILES string of the molecule is Cc1cccc(CN2CCCN(Cc3ccc4c(c3)CCO4)CC2)n1. The minimum absolute atomic E-state index is 0.838. The molecule has 4 nitrogen and oxygen atoms in total. The van der Waals surface area contributed by atoms with Crippen LogP contribution in [0.1, 0.15) is 28.9 Å². The van der Waals surface area contributed by atoms with Gasteiger partial charge in [0.05, 0.1) is 12.3 Å². The predicted octanol–water partition coefficient (Wildman–Crippen LogP) is 3.03. The summed E-state index contributed by atoms with van der Waals surface area (Å²) in [5.74, 6) is 1.08. The van der Waals surface area contributed by atoms with E-state index in [4.69, 9.17) is 4.74 Å². The standard InChI is InChI=1S/C21H27N3O/c1-17-4-2-5-20(22-17)16-24-10-3-9-23(11-12-24)15-18-6-7-21-19(14-18)8-13-25-21/h2,4-7,14H,3,8-13,15-16H2,1H3. The highest BCUT2D eigenvalue weighted by molar-refractivity contribution is 5.39. The lowest BCUT2D eigenvalue weighted by Crippen LogP contribution is -2.30. The number of aromatic nitrogens is 1. The minimum atomic E-state index is 0.838. The average Bonchev–Trinajstić information content (AvgIpc) is 2.96. The third-order valence-electron chi connectivity index (χ3n) is 5.17. The van der Waals surface area contributed by atoms with Crippen LogP contribution in [-0.4, -0.2) is 47.6 Å². The summed E-state index contributed by atoms with van der Waals surface area (Å²) in [5, 5.41) is 0. The summed E-state index contributed by atoms with van der Waals surface area (Å²) >= 11 is 0. The zero-order valence-corrected chi connectivity index (χ0v) is 15.1. The van der Waals surface area contributed by atoms with E-state index in [2.05, 4.69) is 58.1 Å². The summed E-state index contributed by atoms with van der Waals surface area (Å²) in [6.45, 7) is 9.48. The highest BCUT2D eigenvalue weighted by atomic mass is 16.5. The molecule has 4 rings (SSSR count). The molecule has 2 aliphatic heterocycles. The van der Waals surface area contributed by atoms with E-state index >= 15 is 0 Å². The van der Waals surface area contributed by atoms with E-state index in [1.807, 2.05) is 0 Å². The first kappa shape index (κ1) is 16.6. The van der Waals surface area contributed by atoms with E-state index in [0.717, 1.165) is 57.2 Å². The van der Waals surface area contributed by atoms with Crippen molar-refractivity contribution >= 4 is 0 Å². The number of hydrogen-bond donors (Lipinski definition) is 0. The third-order valence-corrected chi connectivity index (χ3v) is 5.17.